The smallest absolute Gasteiger partial charge is 0.293 e. The molecule has 0 aromatic heterocycles. The maximum Gasteiger partial charge on any atom is 0.293 e. The number of hydrogen-bond acceptors (Lipinski definition) is 5. The van der Waals surface area contributed by atoms with Gasteiger partial charge in [0.1, 0.15) is 24.3 Å². The zero-order valence-electron chi connectivity index (χ0n) is 17.7. The number of anilines is 1. The van der Waals surface area contributed by atoms with E-state index in [9.17, 15) is 14.9 Å². The fourth-order valence-electron chi connectivity index (χ4n) is 4.15. The predicted octanol–water partition coefficient (Wildman–Crippen LogP) is 1.25. The summed E-state index contributed by atoms with van der Waals surface area (Å²) in [6, 6.07) is 4.84. The van der Waals surface area contributed by atoms with E-state index in [1.54, 1.807) is 12.1 Å². The van der Waals surface area contributed by atoms with Crippen molar-refractivity contribution < 1.29 is 19.4 Å². The molecule has 2 heterocycles. The maximum absolute atomic E-state index is 12.7. The molecule has 0 radical (unpaired) electrons. The monoisotopic (exact) mass is 405 g/mol. The van der Waals surface area contributed by atoms with Crippen molar-refractivity contribution >= 4 is 17.3 Å². The summed E-state index contributed by atoms with van der Waals surface area (Å²) in [5.74, 6) is 0.375. The molecule has 2 aliphatic rings. The van der Waals surface area contributed by atoms with E-state index in [2.05, 4.69) is 31.0 Å². The molecule has 29 heavy (non-hydrogen) atoms. The van der Waals surface area contributed by atoms with E-state index in [0.717, 1.165) is 52.2 Å². The molecule has 0 aliphatic carbocycles. The van der Waals surface area contributed by atoms with E-state index in [0.29, 0.717) is 23.7 Å². The molecule has 2 aliphatic heterocycles. The highest BCUT2D eigenvalue weighted by Gasteiger charge is 2.33. The number of piperidine rings is 1. The number of carbonyl (C=O) groups is 1. The summed E-state index contributed by atoms with van der Waals surface area (Å²) in [6.45, 7) is 11.9. The molecule has 1 amide bonds. The lowest BCUT2D eigenvalue weighted by atomic mass is 9.98. The van der Waals surface area contributed by atoms with Gasteiger partial charge in [0.2, 0.25) is 0 Å². The van der Waals surface area contributed by atoms with Gasteiger partial charge in [0, 0.05) is 24.7 Å². The van der Waals surface area contributed by atoms with Crippen molar-refractivity contribution in [3.63, 3.8) is 0 Å². The number of nitro benzene ring substituents is 1. The first-order chi connectivity index (χ1) is 13.8. The molecule has 0 unspecified atom stereocenters. The molecule has 2 saturated heterocycles. The number of amides is 1. The van der Waals surface area contributed by atoms with Gasteiger partial charge in [0.15, 0.2) is 0 Å². The first kappa shape index (κ1) is 21.5. The molecule has 1 aromatic carbocycles. The molecule has 0 saturated carbocycles. The van der Waals surface area contributed by atoms with Crippen molar-refractivity contribution in [2.24, 2.45) is 5.92 Å². The number of nitrogens with one attached hydrogen (secondary N) is 2. The number of benzene rings is 1. The Balaban J connectivity index is 1.69. The van der Waals surface area contributed by atoms with Crippen LogP contribution in [0, 0.1) is 16.0 Å². The number of rotatable bonds is 6. The van der Waals surface area contributed by atoms with Crippen LogP contribution in [0.3, 0.4) is 0 Å². The van der Waals surface area contributed by atoms with Crippen LogP contribution in [0.5, 0.6) is 0 Å². The van der Waals surface area contributed by atoms with Gasteiger partial charge in [-0.2, -0.15) is 0 Å². The van der Waals surface area contributed by atoms with Gasteiger partial charge in [-0.1, -0.05) is 6.92 Å². The predicted molar refractivity (Wildman–Crippen MR) is 112 cm³/mol. The Labute approximate surface area is 172 Å². The standard InChI is InChI=1S/C21H32N4O4/c1-16-6-8-23(9-7-16)18-5-4-17(14-19(18)25(27)28)20(26)22-15-21(2,3)24-10-12-29-13-11-24/h4-5,14,16H,6-13,15H2,1-3H3,(H,22,26)/p+1. The van der Waals surface area contributed by atoms with Gasteiger partial charge in [-0.25, -0.2) is 0 Å². The molecule has 3 rings (SSSR count). The van der Waals surface area contributed by atoms with E-state index in [1.807, 2.05) is 0 Å². The van der Waals surface area contributed by atoms with Gasteiger partial charge in [0.25, 0.3) is 11.6 Å². The quantitative estimate of drug-likeness (QED) is 0.549. The summed E-state index contributed by atoms with van der Waals surface area (Å²) in [5, 5.41) is 14.6. The summed E-state index contributed by atoms with van der Waals surface area (Å²) in [6.07, 6.45) is 2.05. The topological polar surface area (TPSA) is 89.2 Å². The third-order valence-electron chi connectivity index (χ3n) is 6.30. The van der Waals surface area contributed by atoms with E-state index >= 15 is 0 Å². The number of nitrogens with zero attached hydrogens (tertiary/aromatic N) is 2. The summed E-state index contributed by atoms with van der Waals surface area (Å²) in [4.78, 5) is 27.4. The van der Waals surface area contributed by atoms with Gasteiger partial charge < -0.3 is 19.9 Å². The fourth-order valence-corrected chi connectivity index (χ4v) is 4.15. The van der Waals surface area contributed by atoms with Crippen molar-refractivity contribution in [1.82, 2.24) is 5.32 Å². The molecule has 2 fully saturated rings. The molecule has 8 nitrogen and oxygen atoms in total. The van der Waals surface area contributed by atoms with E-state index in [1.165, 1.54) is 11.0 Å². The highest BCUT2D eigenvalue weighted by atomic mass is 16.6. The molecule has 2 N–H and O–H groups in total. The Morgan fingerprint density at radius 1 is 1.31 bits per heavy atom. The highest BCUT2D eigenvalue weighted by Crippen LogP contribution is 2.32. The van der Waals surface area contributed by atoms with Crippen LogP contribution in [0.4, 0.5) is 11.4 Å². The Morgan fingerprint density at radius 3 is 2.59 bits per heavy atom. The molecule has 8 heteroatoms. The molecular formula is C21H33N4O4+. The second kappa shape index (κ2) is 9.09. The lowest BCUT2D eigenvalue weighted by molar-refractivity contribution is -0.954. The Kier molecular flexibility index (Phi) is 6.74. The molecular weight excluding hydrogens is 372 g/mol. The average molecular weight is 406 g/mol. The summed E-state index contributed by atoms with van der Waals surface area (Å²) in [7, 11) is 0. The van der Waals surface area contributed by atoms with E-state index < -0.39 is 0 Å². The normalized spacial score (nSPS) is 19.2. The van der Waals surface area contributed by atoms with Crippen LogP contribution < -0.4 is 15.1 Å². The van der Waals surface area contributed by atoms with Crippen LogP contribution in [-0.4, -0.2) is 62.3 Å². The van der Waals surface area contributed by atoms with Crippen LogP contribution >= 0.6 is 0 Å². The van der Waals surface area contributed by atoms with Gasteiger partial charge in [-0.3, -0.25) is 14.9 Å². The van der Waals surface area contributed by atoms with E-state index in [-0.39, 0.29) is 22.1 Å². The highest BCUT2D eigenvalue weighted by molar-refractivity contribution is 5.95. The Hall–Kier alpha value is -2.19. The van der Waals surface area contributed by atoms with Gasteiger partial charge in [-0.05, 0) is 44.7 Å². The van der Waals surface area contributed by atoms with Crippen molar-refractivity contribution in [1.29, 1.82) is 0 Å². The van der Waals surface area contributed by atoms with Crippen molar-refractivity contribution in [3.8, 4) is 0 Å². The maximum atomic E-state index is 12.7. The Bertz CT molecular complexity index is 738. The lowest BCUT2D eigenvalue weighted by Crippen LogP contribution is -3.22. The number of hydrogen-bond donors (Lipinski definition) is 2. The zero-order chi connectivity index (χ0) is 21.0. The molecule has 0 atom stereocenters. The fraction of sp³-hybridized carbons (Fsp3) is 0.667. The van der Waals surface area contributed by atoms with Crippen molar-refractivity contribution in [2.75, 3.05) is 50.8 Å². The number of morpholine rings is 1. The van der Waals surface area contributed by atoms with Crippen LogP contribution in [-0.2, 0) is 4.74 Å². The summed E-state index contributed by atoms with van der Waals surface area (Å²) >= 11 is 0. The third kappa shape index (κ3) is 5.25. The van der Waals surface area contributed by atoms with Crippen LogP contribution in [0.2, 0.25) is 0 Å². The number of quaternary nitrogens is 1. The molecule has 0 bridgehead atoms. The van der Waals surface area contributed by atoms with Gasteiger partial charge in [-0.15, -0.1) is 0 Å². The van der Waals surface area contributed by atoms with Crippen LogP contribution in [0.15, 0.2) is 18.2 Å². The van der Waals surface area contributed by atoms with Crippen molar-refractivity contribution in [2.45, 2.75) is 39.2 Å². The Morgan fingerprint density at radius 2 is 1.97 bits per heavy atom. The minimum absolute atomic E-state index is 0.00488. The van der Waals surface area contributed by atoms with Crippen LogP contribution in [0.1, 0.15) is 44.0 Å². The molecule has 160 valence electrons. The lowest BCUT2D eigenvalue weighted by Gasteiger charge is -2.37. The minimum Gasteiger partial charge on any atom is -0.370 e. The zero-order valence-corrected chi connectivity index (χ0v) is 17.7. The van der Waals surface area contributed by atoms with Gasteiger partial charge >= 0.3 is 0 Å². The van der Waals surface area contributed by atoms with E-state index in [4.69, 9.17) is 4.74 Å². The number of nitro groups is 1. The average Bonchev–Trinajstić information content (AvgIpc) is 2.73. The molecule has 1 aromatic rings. The van der Waals surface area contributed by atoms with Crippen molar-refractivity contribution in [3.05, 3.63) is 33.9 Å². The largest absolute Gasteiger partial charge is 0.370 e. The first-order valence-corrected chi connectivity index (χ1v) is 10.5. The summed E-state index contributed by atoms with van der Waals surface area (Å²) < 4.78 is 5.42. The van der Waals surface area contributed by atoms with Gasteiger partial charge in [0.05, 0.1) is 24.7 Å². The SMILES string of the molecule is CC1CCN(c2ccc(C(=O)NCC(C)(C)[NH+]3CCOCC3)cc2[N+](=O)[O-])CC1. The van der Waals surface area contributed by atoms with Crippen LogP contribution in [0.25, 0.3) is 0 Å². The number of carbonyl (C=O) groups excluding carboxylic acids is 1. The molecule has 0 spiro atoms. The third-order valence-corrected chi connectivity index (χ3v) is 6.30. The second-order valence-corrected chi connectivity index (χ2v) is 8.91. The minimum atomic E-state index is -0.383. The second-order valence-electron chi connectivity index (χ2n) is 8.91. The summed E-state index contributed by atoms with van der Waals surface area (Å²) in [5.41, 5.74) is 0.816. The number of ether oxygens (including phenoxy) is 1. The first-order valence-electron chi connectivity index (χ1n) is 10.5.